The van der Waals surface area contributed by atoms with Gasteiger partial charge in [-0.25, -0.2) is 0 Å². The molecule has 1 aliphatic heterocycles. The second-order valence-corrected chi connectivity index (χ2v) is 8.23. The van der Waals surface area contributed by atoms with E-state index in [0.717, 1.165) is 16.9 Å². The number of carbonyl (C=O) groups excluding carboxylic acids is 2. The van der Waals surface area contributed by atoms with Gasteiger partial charge in [-0.05, 0) is 36.8 Å². The van der Waals surface area contributed by atoms with Crippen molar-refractivity contribution < 1.29 is 14.0 Å². The molecular formula is C24H24N2O3S. The highest BCUT2D eigenvalue weighted by Crippen LogP contribution is 2.26. The minimum absolute atomic E-state index is 0.0165. The Kier molecular flexibility index (Phi) is 6.54. The van der Waals surface area contributed by atoms with E-state index in [1.165, 1.54) is 0 Å². The lowest BCUT2D eigenvalue weighted by Crippen LogP contribution is -2.37. The van der Waals surface area contributed by atoms with E-state index in [4.69, 9.17) is 4.42 Å². The number of thioether (sulfide) groups is 1. The molecule has 0 bridgehead atoms. The normalized spacial score (nSPS) is 14.4. The Bertz CT molecular complexity index is 988. The largest absolute Gasteiger partial charge is 0.459 e. The first-order chi connectivity index (χ1) is 14.7. The van der Waals surface area contributed by atoms with E-state index in [0.29, 0.717) is 43.3 Å². The van der Waals surface area contributed by atoms with Crippen LogP contribution in [0.15, 0.2) is 82.3 Å². The van der Waals surface area contributed by atoms with Crippen LogP contribution in [-0.2, 0) is 5.75 Å². The van der Waals surface area contributed by atoms with E-state index < -0.39 is 0 Å². The van der Waals surface area contributed by atoms with Crippen LogP contribution in [-0.4, -0.2) is 47.8 Å². The summed E-state index contributed by atoms with van der Waals surface area (Å²) >= 11 is 1.68. The Balaban J connectivity index is 1.39. The fraction of sp³-hybridized carbons (Fsp3) is 0.250. The highest BCUT2D eigenvalue weighted by atomic mass is 32.2. The number of hydrogen-bond donors (Lipinski definition) is 0. The first-order valence-corrected chi connectivity index (χ1v) is 11.1. The standard InChI is InChI=1S/C24H24N2O3S/c27-23(19-8-3-1-4-9-19)25-13-7-14-26(16-15-25)24(28)22-20(12-17-29-22)18-30-21-10-5-2-6-11-21/h1-6,8-12,17H,7,13-16,18H2. The van der Waals surface area contributed by atoms with Gasteiger partial charge in [-0.2, -0.15) is 0 Å². The van der Waals surface area contributed by atoms with Gasteiger partial charge in [0.1, 0.15) is 0 Å². The van der Waals surface area contributed by atoms with E-state index in [-0.39, 0.29) is 11.8 Å². The minimum Gasteiger partial charge on any atom is -0.459 e. The number of amides is 2. The molecule has 0 aliphatic carbocycles. The molecule has 4 rings (SSSR count). The lowest BCUT2D eigenvalue weighted by Gasteiger charge is -2.22. The molecule has 2 heterocycles. The number of rotatable bonds is 5. The van der Waals surface area contributed by atoms with Crippen LogP contribution in [0.4, 0.5) is 0 Å². The van der Waals surface area contributed by atoms with Crippen LogP contribution in [0.25, 0.3) is 0 Å². The Morgan fingerprint density at radius 1 is 0.800 bits per heavy atom. The van der Waals surface area contributed by atoms with Crippen LogP contribution in [0.3, 0.4) is 0 Å². The molecule has 1 aliphatic rings. The molecule has 2 amide bonds. The van der Waals surface area contributed by atoms with E-state index in [1.807, 2.05) is 59.5 Å². The molecule has 3 aromatic rings. The predicted molar refractivity (Wildman–Crippen MR) is 118 cm³/mol. The summed E-state index contributed by atoms with van der Waals surface area (Å²) in [4.78, 5) is 30.6. The maximum absolute atomic E-state index is 13.1. The third-order valence-electron chi connectivity index (χ3n) is 5.17. The van der Waals surface area contributed by atoms with Crippen LogP contribution in [0.5, 0.6) is 0 Å². The van der Waals surface area contributed by atoms with Gasteiger partial charge in [0.05, 0.1) is 6.26 Å². The summed E-state index contributed by atoms with van der Waals surface area (Å²) in [7, 11) is 0. The van der Waals surface area contributed by atoms with Gasteiger partial charge < -0.3 is 14.2 Å². The molecule has 30 heavy (non-hydrogen) atoms. The van der Waals surface area contributed by atoms with Crippen molar-refractivity contribution in [3.63, 3.8) is 0 Å². The fourth-order valence-electron chi connectivity index (χ4n) is 3.55. The van der Waals surface area contributed by atoms with E-state index in [2.05, 4.69) is 12.1 Å². The minimum atomic E-state index is -0.0994. The summed E-state index contributed by atoms with van der Waals surface area (Å²) < 4.78 is 5.57. The van der Waals surface area contributed by atoms with Crippen molar-refractivity contribution in [1.82, 2.24) is 9.80 Å². The molecule has 0 saturated carbocycles. The number of carbonyl (C=O) groups is 2. The Morgan fingerprint density at radius 3 is 2.13 bits per heavy atom. The Morgan fingerprint density at radius 2 is 1.43 bits per heavy atom. The molecule has 5 nitrogen and oxygen atoms in total. The molecule has 1 aromatic heterocycles. The highest BCUT2D eigenvalue weighted by Gasteiger charge is 2.26. The molecule has 0 atom stereocenters. The molecule has 0 spiro atoms. The Hall–Kier alpha value is -2.99. The smallest absolute Gasteiger partial charge is 0.289 e. The zero-order valence-electron chi connectivity index (χ0n) is 16.7. The summed E-state index contributed by atoms with van der Waals surface area (Å²) in [5, 5.41) is 0. The molecule has 0 N–H and O–H groups in total. The van der Waals surface area contributed by atoms with Crippen LogP contribution in [0.1, 0.15) is 32.9 Å². The molecule has 6 heteroatoms. The molecule has 0 radical (unpaired) electrons. The van der Waals surface area contributed by atoms with Crippen molar-refractivity contribution >= 4 is 23.6 Å². The van der Waals surface area contributed by atoms with Gasteiger partial charge in [-0.3, -0.25) is 9.59 Å². The van der Waals surface area contributed by atoms with Gasteiger partial charge in [0.15, 0.2) is 5.76 Å². The van der Waals surface area contributed by atoms with Crippen molar-refractivity contribution in [1.29, 1.82) is 0 Å². The number of hydrogen-bond acceptors (Lipinski definition) is 4. The van der Waals surface area contributed by atoms with Crippen molar-refractivity contribution in [2.75, 3.05) is 26.2 Å². The van der Waals surface area contributed by atoms with Crippen LogP contribution in [0.2, 0.25) is 0 Å². The average molecular weight is 421 g/mol. The monoisotopic (exact) mass is 420 g/mol. The average Bonchev–Trinajstić information content (AvgIpc) is 3.13. The third-order valence-corrected chi connectivity index (χ3v) is 6.23. The van der Waals surface area contributed by atoms with Crippen LogP contribution >= 0.6 is 11.8 Å². The first-order valence-electron chi connectivity index (χ1n) is 10.1. The summed E-state index contributed by atoms with van der Waals surface area (Å²) in [6.45, 7) is 2.29. The van der Waals surface area contributed by atoms with Crippen LogP contribution < -0.4 is 0 Å². The lowest BCUT2D eigenvalue weighted by molar-refractivity contribution is 0.0699. The molecule has 0 unspecified atom stereocenters. The second kappa shape index (κ2) is 9.67. The molecule has 154 valence electrons. The van der Waals surface area contributed by atoms with Crippen molar-refractivity contribution in [3.8, 4) is 0 Å². The van der Waals surface area contributed by atoms with E-state index in [9.17, 15) is 9.59 Å². The Labute approximate surface area is 180 Å². The van der Waals surface area contributed by atoms with E-state index in [1.54, 1.807) is 22.9 Å². The third kappa shape index (κ3) is 4.76. The summed E-state index contributed by atoms with van der Waals surface area (Å²) in [5.41, 5.74) is 1.58. The topological polar surface area (TPSA) is 53.8 Å². The van der Waals surface area contributed by atoms with Gasteiger partial charge in [0, 0.05) is 48.0 Å². The predicted octanol–water partition coefficient (Wildman–Crippen LogP) is 4.56. The number of benzene rings is 2. The van der Waals surface area contributed by atoms with Crippen LogP contribution in [0, 0.1) is 0 Å². The molecule has 2 aromatic carbocycles. The second-order valence-electron chi connectivity index (χ2n) is 7.18. The van der Waals surface area contributed by atoms with Gasteiger partial charge in [0.25, 0.3) is 11.8 Å². The molecular weight excluding hydrogens is 396 g/mol. The van der Waals surface area contributed by atoms with Gasteiger partial charge >= 0.3 is 0 Å². The zero-order valence-corrected chi connectivity index (χ0v) is 17.5. The molecule has 1 saturated heterocycles. The maximum atomic E-state index is 13.1. The van der Waals surface area contributed by atoms with Crippen molar-refractivity contribution in [2.45, 2.75) is 17.1 Å². The summed E-state index contributed by atoms with van der Waals surface area (Å²) in [6.07, 6.45) is 2.33. The summed E-state index contributed by atoms with van der Waals surface area (Å²) in [5.74, 6) is 0.996. The highest BCUT2D eigenvalue weighted by molar-refractivity contribution is 7.98. The number of nitrogens with zero attached hydrogens (tertiary/aromatic N) is 2. The first kappa shape index (κ1) is 20.3. The number of furan rings is 1. The van der Waals surface area contributed by atoms with Crippen molar-refractivity contribution in [3.05, 3.63) is 89.9 Å². The van der Waals surface area contributed by atoms with Gasteiger partial charge in [0.2, 0.25) is 0 Å². The summed E-state index contributed by atoms with van der Waals surface area (Å²) in [6, 6.07) is 21.3. The quantitative estimate of drug-likeness (QED) is 0.568. The zero-order chi connectivity index (χ0) is 20.8. The molecule has 1 fully saturated rings. The maximum Gasteiger partial charge on any atom is 0.289 e. The SMILES string of the molecule is O=C(c1ccccc1)N1CCCN(C(=O)c2occc2CSc2ccccc2)CC1. The van der Waals surface area contributed by atoms with E-state index >= 15 is 0 Å². The van der Waals surface area contributed by atoms with Gasteiger partial charge in [-0.1, -0.05) is 36.4 Å². The van der Waals surface area contributed by atoms with Crippen molar-refractivity contribution in [2.24, 2.45) is 0 Å². The van der Waals surface area contributed by atoms with Gasteiger partial charge in [-0.15, -0.1) is 11.8 Å². The fourth-order valence-corrected chi connectivity index (χ4v) is 4.44. The lowest BCUT2D eigenvalue weighted by atomic mass is 10.2.